The Balaban J connectivity index is 1.28. The predicted molar refractivity (Wildman–Crippen MR) is 146 cm³/mol. The molecule has 2 aliphatic heterocycles. The van der Waals surface area contributed by atoms with Crippen LogP contribution in [0.25, 0.3) is 0 Å². The fourth-order valence-electron chi connectivity index (χ4n) is 5.02. The number of aromatic amines is 1. The zero-order valence-corrected chi connectivity index (χ0v) is 22.6. The van der Waals surface area contributed by atoms with Crippen LogP contribution in [0.2, 0.25) is 0 Å². The number of hydrogen-bond donors (Lipinski definition) is 3. The third kappa shape index (κ3) is 6.48. The fourth-order valence-corrected chi connectivity index (χ4v) is 5.02. The monoisotopic (exact) mass is 570 g/mol. The zero-order chi connectivity index (χ0) is 28.4. The molecule has 6 rings (SSSR count). The molecule has 1 saturated carbocycles. The standard InChI is InChI=1S/C25H32F2N12O2/c1-41-11-10-37-6-8-38(9-7-37)23-32-22(31-19-12-17(35-36-19)16-2-3-16)33-24(34-23)39-15-25(26,27)13-18(39)21(40)30-20-14-28-4-5-29-20/h4-5,12,14,16,18H,2-3,6-11,13,15H2,1H3,(H,29,30,40)(H2,31,32,33,34,35,36). The first-order valence-electron chi connectivity index (χ1n) is 13.6. The van der Waals surface area contributed by atoms with Gasteiger partial charge in [0.25, 0.3) is 5.92 Å². The van der Waals surface area contributed by atoms with Crippen molar-refractivity contribution >= 4 is 35.4 Å². The van der Waals surface area contributed by atoms with Crippen molar-refractivity contribution < 1.29 is 18.3 Å². The summed E-state index contributed by atoms with van der Waals surface area (Å²) < 4.78 is 34.8. The average molecular weight is 571 g/mol. The van der Waals surface area contributed by atoms with Crippen LogP contribution in [0, 0.1) is 0 Å². The van der Waals surface area contributed by atoms with E-state index in [-0.39, 0.29) is 17.7 Å². The molecule has 5 heterocycles. The Morgan fingerprint density at radius 2 is 1.93 bits per heavy atom. The summed E-state index contributed by atoms with van der Waals surface area (Å²) in [4.78, 5) is 40.3. The lowest BCUT2D eigenvalue weighted by Crippen LogP contribution is -2.48. The molecule has 218 valence electrons. The number of carbonyl (C=O) groups is 1. The quantitative estimate of drug-likeness (QED) is 0.325. The van der Waals surface area contributed by atoms with Crippen LogP contribution in [-0.4, -0.2) is 111 Å². The molecule has 1 unspecified atom stereocenters. The number of H-pyrrole nitrogens is 1. The maximum atomic E-state index is 14.8. The first-order chi connectivity index (χ1) is 19.9. The van der Waals surface area contributed by atoms with E-state index in [9.17, 15) is 13.6 Å². The summed E-state index contributed by atoms with van der Waals surface area (Å²) in [6.07, 6.45) is 5.75. The van der Waals surface area contributed by atoms with Crippen molar-refractivity contribution in [1.82, 2.24) is 40.0 Å². The summed E-state index contributed by atoms with van der Waals surface area (Å²) in [7, 11) is 1.67. The molecule has 1 aliphatic carbocycles. The lowest BCUT2D eigenvalue weighted by molar-refractivity contribution is -0.118. The van der Waals surface area contributed by atoms with Crippen molar-refractivity contribution in [2.24, 2.45) is 0 Å². The first kappa shape index (κ1) is 27.1. The van der Waals surface area contributed by atoms with E-state index in [0.29, 0.717) is 37.4 Å². The summed E-state index contributed by atoms with van der Waals surface area (Å²) in [6, 6.07) is 0.670. The van der Waals surface area contributed by atoms with E-state index in [0.717, 1.165) is 38.2 Å². The summed E-state index contributed by atoms with van der Waals surface area (Å²) in [6.45, 7) is 3.53. The van der Waals surface area contributed by atoms with E-state index in [1.807, 2.05) is 11.0 Å². The van der Waals surface area contributed by atoms with Gasteiger partial charge in [-0.15, -0.1) is 0 Å². The number of aromatic nitrogens is 7. The van der Waals surface area contributed by atoms with Crippen LogP contribution in [0.4, 0.5) is 38.3 Å². The van der Waals surface area contributed by atoms with Crippen molar-refractivity contribution in [1.29, 1.82) is 0 Å². The minimum atomic E-state index is -3.13. The SMILES string of the molecule is COCCN1CCN(c2nc(Nc3cc(C4CC4)[nH]n3)nc(N3CC(F)(F)CC3C(=O)Nc3cnccn3)n2)CC1. The van der Waals surface area contributed by atoms with E-state index in [1.54, 1.807) is 7.11 Å². The van der Waals surface area contributed by atoms with E-state index in [1.165, 1.54) is 23.5 Å². The average Bonchev–Trinajstić information content (AvgIpc) is 3.63. The fraction of sp³-hybridized carbons (Fsp3) is 0.560. The van der Waals surface area contributed by atoms with Gasteiger partial charge in [0, 0.05) is 76.3 Å². The summed E-state index contributed by atoms with van der Waals surface area (Å²) >= 11 is 0. The Morgan fingerprint density at radius 1 is 1.12 bits per heavy atom. The molecule has 1 amide bonds. The number of halogens is 2. The highest BCUT2D eigenvalue weighted by atomic mass is 19.3. The third-order valence-corrected chi connectivity index (χ3v) is 7.38. The van der Waals surface area contributed by atoms with E-state index in [2.05, 4.69) is 50.7 Å². The molecular weight excluding hydrogens is 538 g/mol. The molecule has 0 spiro atoms. The number of nitrogens with zero attached hydrogens (tertiary/aromatic N) is 9. The van der Waals surface area contributed by atoms with Crippen molar-refractivity contribution in [3.63, 3.8) is 0 Å². The van der Waals surface area contributed by atoms with E-state index < -0.39 is 30.8 Å². The molecule has 41 heavy (non-hydrogen) atoms. The normalized spacial score (nSPS) is 20.8. The Bertz CT molecular complexity index is 1350. The van der Waals surface area contributed by atoms with Gasteiger partial charge in [-0.25, -0.2) is 13.8 Å². The van der Waals surface area contributed by atoms with Gasteiger partial charge in [0.15, 0.2) is 11.6 Å². The van der Waals surface area contributed by atoms with Gasteiger partial charge >= 0.3 is 0 Å². The molecule has 16 heteroatoms. The molecule has 3 aromatic heterocycles. The van der Waals surface area contributed by atoms with Gasteiger partial charge in [0.2, 0.25) is 23.8 Å². The number of anilines is 5. The van der Waals surface area contributed by atoms with Crippen LogP contribution in [0.3, 0.4) is 0 Å². The van der Waals surface area contributed by atoms with Gasteiger partial charge in [-0.2, -0.15) is 20.1 Å². The zero-order valence-electron chi connectivity index (χ0n) is 22.6. The van der Waals surface area contributed by atoms with Gasteiger partial charge in [-0.3, -0.25) is 19.8 Å². The van der Waals surface area contributed by atoms with Crippen LogP contribution >= 0.6 is 0 Å². The molecule has 0 radical (unpaired) electrons. The van der Waals surface area contributed by atoms with Gasteiger partial charge < -0.3 is 25.2 Å². The van der Waals surface area contributed by atoms with Crippen LogP contribution in [0.1, 0.15) is 30.9 Å². The van der Waals surface area contributed by atoms with E-state index >= 15 is 0 Å². The second-order valence-corrected chi connectivity index (χ2v) is 10.5. The predicted octanol–water partition coefficient (Wildman–Crippen LogP) is 1.63. The Hall–Kier alpha value is -4.05. The first-order valence-corrected chi connectivity index (χ1v) is 13.6. The molecule has 3 aromatic rings. The lowest BCUT2D eigenvalue weighted by Gasteiger charge is -2.35. The van der Waals surface area contributed by atoms with Crippen LogP contribution in [-0.2, 0) is 9.53 Å². The van der Waals surface area contributed by atoms with Crippen molar-refractivity contribution in [2.75, 3.05) is 73.4 Å². The molecule has 0 bridgehead atoms. The molecule has 3 fully saturated rings. The molecule has 14 nitrogen and oxygen atoms in total. The number of nitrogens with one attached hydrogen (secondary N) is 3. The van der Waals surface area contributed by atoms with Crippen LogP contribution in [0.5, 0.6) is 0 Å². The van der Waals surface area contributed by atoms with Crippen molar-refractivity contribution in [3.05, 3.63) is 30.4 Å². The minimum Gasteiger partial charge on any atom is -0.383 e. The second-order valence-electron chi connectivity index (χ2n) is 10.5. The molecule has 0 aromatic carbocycles. The number of amides is 1. The van der Waals surface area contributed by atoms with Gasteiger partial charge in [-0.05, 0) is 12.8 Å². The third-order valence-electron chi connectivity index (χ3n) is 7.38. The second kappa shape index (κ2) is 11.4. The van der Waals surface area contributed by atoms with Crippen LogP contribution in [0.15, 0.2) is 24.7 Å². The highest BCUT2D eigenvalue weighted by Gasteiger charge is 2.49. The molecule has 3 N–H and O–H groups in total. The number of rotatable bonds is 10. The Labute approximate surface area is 234 Å². The van der Waals surface area contributed by atoms with Gasteiger partial charge in [0.1, 0.15) is 6.04 Å². The lowest BCUT2D eigenvalue weighted by atomic mass is 10.2. The summed E-state index contributed by atoms with van der Waals surface area (Å²) in [5.41, 5.74) is 1.02. The Morgan fingerprint density at radius 3 is 2.66 bits per heavy atom. The van der Waals surface area contributed by atoms with Gasteiger partial charge in [-0.1, -0.05) is 0 Å². The topological polar surface area (TPSA) is 153 Å². The van der Waals surface area contributed by atoms with Crippen LogP contribution < -0.4 is 20.4 Å². The Kier molecular flexibility index (Phi) is 7.57. The highest BCUT2D eigenvalue weighted by Crippen LogP contribution is 2.40. The number of alkyl halides is 2. The molecule has 2 saturated heterocycles. The smallest absolute Gasteiger partial charge is 0.267 e. The van der Waals surface area contributed by atoms with Crippen molar-refractivity contribution in [2.45, 2.75) is 37.1 Å². The maximum Gasteiger partial charge on any atom is 0.267 e. The molecule has 3 aliphatic rings. The highest BCUT2D eigenvalue weighted by molar-refractivity contribution is 5.96. The maximum absolute atomic E-state index is 14.8. The number of hydrogen-bond acceptors (Lipinski definition) is 12. The van der Waals surface area contributed by atoms with Gasteiger partial charge in [0.05, 0.1) is 19.3 Å². The largest absolute Gasteiger partial charge is 0.383 e. The molecule has 1 atom stereocenters. The summed E-state index contributed by atoms with van der Waals surface area (Å²) in [5.74, 6) is -2.14. The van der Waals surface area contributed by atoms with Crippen molar-refractivity contribution in [3.8, 4) is 0 Å². The summed E-state index contributed by atoms with van der Waals surface area (Å²) in [5, 5.41) is 13.0. The number of carbonyl (C=O) groups excluding carboxylic acids is 1. The number of methoxy groups -OCH3 is 1. The van der Waals surface area contributed by atoms with E-state index in [4.69, 9.17) is 4.74 Å². The molecular formula is C25H32F2N12O2. The minimum absolute atomic E-state index is 0.0197. The number of piperazine rings is 1. The number of ether oxygens (including phenoxy) is 1.